The van der Waals surface area contributed by atoms with Crippen LogP contribution in [0.25, 0.3) is 0 Å². The molecule has 31 heavy (non-hydrogen) atoms. The molecule has 4 nitrogen and oxygen atoms in total. The Morgan fingerprint density at radius 1 is 0.677 bits per heavy atom. The lowest BCUT2D eigenvalue weighted by Crippen LogP contribution is -2.12. The van der Waals surface area contributed by atoms with E-state index in [-0.39, 0.29) is 5.91 Å². The van der Waals surface area contributed by atoms with Gasteiger partial charge in [-0.1, -0.05) is 66.7 Å². The van der Waals surface area contributed by atoms with Gasteiger partial charge in [0, 0.05) is 16.8 Å². The number of nitrogens with zero attached hydrogens (tertiary/aromatic N) is 1. The standard InChI is InChI=1S/C27H22N2O2/c30-26(28-24-12-6-2-7-13-24)22-16-18-23(19-17-22)27(29-25-14-8-3-9-15-25)31-20-21-10-4-1-5-11-21/h1-19H,20H2,(H,28,30)/b29-27-. The van der Waals surface area contributed by atoms with Gasteiger partial charge in [0.2, 0.25) is 5.90 Å². The number of benzene rings is 4. The van der Waals surface area contributed by atoms with Crippen LogP contribution < -0.4 is 5.32 Å². The van der Waals surface area contributed by atoms with Crippen molar-refractivity contribution in [3.05, 3.63) is 132 Å². The normalized spacial score (nSPS) is 11.0. The second-order valence-corrected chi connectivity index (χ2v) is 6.92. The first-order chi connectivity index (χ1) is 15.3. The predicted molar refractivity (Wildman–Crippen MR) is 125 cm³/mol. The van der Waals surface area contributed by atoms with Gasteiger partial charge in [-0.3, -0.25) is 4.79 Å². The van der Waals surface area contributed by atoms with Crippen molar-refractivity contribution >= 4 is 23.2 Å². The molecular weight excluding hydrogens is 384 g/mol. The van der Waals surface area contributed by atoms with Crippen LogP contribution in [0.5, 0.6) is 0 Å². The summed E-state index contributed by atoms with van der Waals surface area (Å²) in [5, 5.41) is 2.89. The maximum Gasteiger partial charge on any atom is 0.255 e. The van der Waals surface area contributed by atoms with Gasteiger partial charge in [0.25, 0.3) is 5.91 Å². The molecule has 0 bridgehead atoms. The van der Waals surface area contributed by atoms with Gasteiger partial charge in [0.1, 0.15) is 6.61 Å². The number of ether oxygens (including phenoxy) is 1. The molecule has 0 saturated heterocycles. The number of hydrogen-bond acceptors (Lipinski definition) is 3. The Balaban J connectivity index is 1.54. The summed E-state index contributed by atoms with van der Waals surface area (Å²) in [6.45, 7) is 0.406. The Kier molecular flexibility index (Phi) is 6.51. The maximum absolute atomic E-state index is 12.5. The molecular formula is C27H22N2O2. The molecule has 0 aromatic heterocycles. The summed E-state index contributed by atoms with van der Waals surface area (Å²) >= 11 is 0. The largest absolute Gasteiger partial charge is 0.472 e. The number of rotatable bonds is 6. The molecule has 0 heterocycles. The zero-order valence-electron chi connectivity index (χ0n) is 16.9. The smallest absolute Gasteiger partial charge is 0.255 e. The zero-order valence-corrected chi connectivity index (χ0v) is 16.9. The van der Waals surface area contributed by atoms with Gasteiger partial charge < -0.3 is 10.1 Å². The van der Waals surface area contributed by atoms with Crippen molar-refractivity contribution in [3.63, 3.8) is 0 Å². The van der Waals surface area contributed by atoms with Crippen LogP contribution in [0.2, 0.25) is 0 Å². The molecule has 4 aromatic rings. The number of carbonyl (C=O) groups is 1. The number of amides is 1. The molecule has 0 aliphatic rings. The fourth-order valence-corrected chi connectivity index (χ4v) is 3.01. The van der Waals surface area contributed by atoms with Crippen molar-refractivity contribution in [1.82, 2.24) is 0 Å². The molecule has 152 valence electrons. The zero-order chi connectivity index (χ0) is 21.3. The highest BCUT2D eigenvalue weighted by molar-refractivity contribution is 6.05. The van der Waals surface area contributed by atoms with Gasteiger partial charge in [0.05, 0.1) is 5.69 Å². The molecule has 0 radical (unpaired) electrons. The minimum atomic E-state index is -0.162. The molecule has 4 heteroatoms. The van der Waals surface area contributed by atoms with E-state index in [1.807, 2.05) is 103 Å². The van der Waals surface area contributed by atoms with Crippen LogP contribution in [-0.4, -0.2) is 11.8 Å². The van der Waals surface area contributed by atoms with Gasteiger partial charge in [-0.25, -0.2) is 4.99 Å². The highest BCUT2D eigenvalue weighted by Gasteiger charge is 2.10. The molecule has 0 atom stereocenters. The second-order valence-electron chi connectivity index (χ2n) is 6.92. The third-order valence-electron chi connectivity index (χ3n) is 4.63. The summed E-state index contributed by atoms with van der Waals surface area (Å²) < 4.78 is 6.06. The summed E-state index contributed by atoms with van der Waals surface area (Å²) in [7, 11) is 0. The molecule has 0 aliphatic heterocycles. The lowest BCUT2D eigenvalue weighted by atomic mass is 10.1. The average Bonchev–Trinajstić information content (AvgIpc) is 2.84. The van der Waals surface area contributed by atoms with Crippen molar-refractivity contribution < 1.29 is 9.53 Å². The van der Waals surface area contributed by atoms with Gasteiger partial charge in [-0.2, -0.15) is 0 Å². The first-order valence-electron chi connectivity index (χ1n) is 10.1. The van der Waals surface area contributed by atoms with Crippen molar-refractivity contribution in [2.75, 3.05) is 5.32 Å². The Morgan fingerprint density at radius 3 is 1.87 bits per heavy atom. The van der Waals surface area contributed by atoms with Gasteiger partial charge >= 0.3 is 0 Å². The Hall–Kier alpha value is -4.18. The lowest BCUT2D eigenvalue weighted by molar-refractivity contribution is 0.102. The molecule has 0 unspecified atom stereocenters. The summed E-state index contributed by atoms with van der Waals surface area (Å²) in [5.41, 5.74) is 3.98. The van der Waals surface area contributed by atoms with Crippen molar-refractivity contribution in [1.29, 1.82) is 0 Å². The number of anilines is 1. The minimum absolute atomic E-state index is 0.162. The van der Waals surface area contributed by atoms with Crippen LogP contribution in [0.4, 0.5) is 11.4 Å². The fourth-order valence-electron chi connectivity index (χ4n) is 3.01. The van der Waals surface area contributed by atoms with Gasteiger partial charge in [-0.05, 0) is 54.1 Å². The fraction of sp³-hybridized carbons (Fsp3) is 0.0370. The number of hydrogen-bond donors (Lipinski definition) is 1. The van der Waals surface area contributed by atoms with Crippen molar-refractivity contribution in [3.8, 4) is 0 Å². The van der Waals surface area contributed by atoms with Crippen LogP contribution in [-0.2, 0) is 11.3 Å². The SMILES string of the molecule is O=C(Nc1ccccc1)c1ccc(/C(=N/c2ccccc2)OCc2ccccc2)cc1. The van der Waals surface area contributed by atoms with Crippen molar-refractivity contribution in [2.45, 2.75) is 6.61 Å². The Labute approximate surface area is 181 Å². The monoisotopic (exact) mass is 406 g/mol. The van der Waals surface area contributed by atoms with E-state index in [4.69, 9.17) is 4.74 Å². The molecule has 0 saturated carbocycles. The van der Waals surface area contributed by atoms with E-state index in [0.29, 0.717) is 18.1 Å². The summed E-state index contributed by atoms with van der Waals surface area (Å²) in [6.07, 6.45) is 0. The quantitative estimate of drug-likeness (QED) is 0.305. The number of nitrogens with one attached hydrogen (secondary N) is 1. The van der Waals surface area contributed by atoms with Crippen LogP contribution in [0.3, 0.4) is 0 Å². The van der Waals surface area contributed by atoms with E-state index in [9.17, 15) is 4.79 Å². The third kappa shape index (κ3) is 5.67. The number of carbonyl (C=O) groups excluding carboxylic acids is 1. The number of aliphatic imine (C=N–C) groups is 1. The maximum atomic E-state index is 12.5. The van der Waals surface area contributed by atoms with Crippen LogP contribution in [0.1, 0.15) is 21.5 Å². The highest BCUT2D eigenvalue weighted by Crippen LogP contribution is 2.17. The molecule has 0 fully saturated rings. The second kappa shape index (κ2) is 10.0. The van der Waals surface area contributed by atoms with E-state index < -0.39 is 0 Å². The Bertz CT molecular complexity index is 1140. The summed E-state index contributed by atoms with van der Waals surface area (Å²) in [4.78, 5) is 17.2. The van der Waals surface area contributed by atoms with E-state index in [0.717, 1.165) is 22.5 Å². The van der Waals surface area contributed by atoms with Crippen LogP contribution >= 0.6 is 0 Å². The highest BCUT2D eigenvalue weighted by atomic mass is 16.5. The first-order valence-corrected chi connectivity index (χ1v) is 10.1. The van der Waals surface area contributed by atoms with Crippen LogP contribution in [0.15, 0.2) is 120 Å². The van der Waals surface area contributed by atoms with Crippen LogP contribution in [0, 0.1) is 0 Å². The minimum Gasteiger partial charge on any atom is -0.472 e. The van der Waals surface area contributed by atoms with E-state index in [1.165, 1.54) is 0 Å². The lowest BCUT2D eigenvalue weighted by Gasteiger charge is -2.11. The number of para-hydroxylation sites is 2. The molecule has 4 rings (SSSR count). The van der Waals surface area contributed by atoms with Gasteiger partial charge in [-0.15, -0.1) is 0 Å². The van der Waals surface area contributed by atoms with E-state index >= 15 is 0 Å². The molecule has 1 N–H and O–H groups in total. The van der Waals surface area contributed by atoms with E-state index in [1.54, 1.807) is 12.1 Å². The average molecular weight is 406 g/mol. The molecule has 1 amide bonds. The summed E-state index contributed by atoms with van der Waals surface area (Å²) in [5.74, 6) is 0.342. The third-order valence-corrected chi connectivity index (χ3v) is 4.63. The molecule has 0 spiro atoms. The topological polar surface area (TPSA) is 50.7 Å². The summed E-state index contributed by atoms with van der Waals surface area (Å²) in [6, 6.07) is 36.3. The molecule has 0 aliphatic carbocycles. The predicted octanol–water partition coefficient (Wildman–Crippen LogP) is 6.23. The molecule has 4 aromatic carbocycles. The first kappa shape index (κ1) is 20.1. The Morgan fingerprint density at radius 2 is 1.23 bits per heavy atom. The van der Waals surface area contributed by atoms with E-state index in [2.05, 4.69) is 10.3 Å². The van der Waals surface area contributed by atoms with Gasteiger partial charge in [0.15, 0.2) is 0 Å². The van der Waals surface area contributed by atoms with Crippen molar-refractivity contribution in [2.24, 2.45) is 4.99 Å².